The molecule has 2 nitrogen and oxygen atoms in total. The lowest BCUT2D eigenvalue weighted by atomic mass is 9.97. The predicted molar refractivity (Wildman–Crippen MR) is 73.1 cm³/mol. The standard InChI is InChI=1S/C15H24N2/c1-13(14-6-3-2-4-7-14)9-11-17-10-5-8-15(16)12-17/h2-4,6-7,13,15H,5,8-12,16H2,1H3. The van der Waals surface area contributed by atoms with Crippen LogP contribution in [-0.2, 0) is 0 Å². The molecule has 1 aliphatic heterocycles. The number of hydrogen-bond donors (Lipinski definition) is 1. The van der Waals surface area contributed by atoms with E-state index in [9.17, 15) is 0 Å². The second-order valence-electron chi connectivity index (χ2n) is 5.30. The summed E-state index contributed by atoms with van der Waals surface area (Å²) in [6, 6.07) is 11.2. The van der Waals surface area contributed by atoms with Gasteiger partial charge in [-0.05, 0) is 43.8 Å². The van der Waals surface area contributed by atoms with Gasteiger partial charge in [0.2, 0.25) is 0 Å². The molecule has 0 radical (unpaired) electrons. The van der Waals surface area contributed by atoms with E-state index in [-0.39, 0.29) is 0 Å². The first-order valence-corrected chi connectivity index (χ1v) is 6.78. The summed E-state index contributed by atoms with van der Waals surface area (Å²) in [7, 11) is 0. The number of hydrogen-bond acceptors (Lipinski definition) is 2. The first-order chi connectivity index (χ1) is 8.25. The van der Waals surface area contributed by atoms with Crippen molar-refractivity contribution in [2.45, 2.75) is 38.1 Å². The molecule has 0 aromatic heterocycles. The van der Waals surface area contributed by atoms with E-state index >= 15 is 0 Å². The maximum absolute atomic E-state index is 6.00. The van der Waals surface area contributed by atoms with Gasteiger partial charge in [0.25, 0.3) is 0 Å². The van der Waals surface area contributed by atoms with Gasteiger partial charge in [0.15, 0.2) is 0 Å². The minimum atomic E-state index is 0.399. The molecule has 2 N–H and O–H groups in total. The molecule has 0 aliphatic carbocycles. The summed E-state index contributed by atoms with van der Waals surface area (Å²) in [5, 5.41) is 0. The molecular formula is C15H24N2. The van der Waals surface area contributed by atoms with Crippen molar-refractivity contribution in [2.75, 3.05) is 19.6 Å². The van der Waals surface area contributed by atoms with Crippen LogP contribution < -0.4 is 5.73 Å². The zero-order valence-corrected chi connectivity index (χ0v) is 10.8. The zero-order valence-electron chi connectivity index (χ0n) is 10.8. The van der Waals surface area contributed by atoms with Crippen molar-refractivity contribution >= 4 is 0 Å². The number of piperidine rings is 1. The Labute approximate surface area is 105 Å². The number of nitrogens with two attached hydrogens (primary N) is 1. The number of benzene rings is 1. The molecule has 1 aromatic carbocycles. The Kier molecular flexibility index (Phi) is 4.57. The number of rotatable bonds is 4. The van der Waals surface area contributed by atoms with Crippen molar-refractivity contribution in [3.63, 3.8) is 0 Å². The fourth-order valence-corrected chi connectivity index (χ4v) is 2.62. The van der Waals surface area contributed by atoms with Gasteiger partial charge in [-0.1, -0.05) is 37.3 Å². The van der Waals surface area contributed by atoms with Crippen molar-refractivity contribution in [2.24, 2.45) is 5.73 Å². The van der Waals surface area contributed by atoms with Crippen molar-refractivity contribution in [3.8, 4) is 0 Å². The molecule has 94 valence electrons. The third kappa shape index (κ3) is 3.83. The molecule has 1 aromatic rings. The maximum atomic E-state index is 6.00. The molecule has 17 heavy (non-hydrogen) atoms. The van der Waals surface area contributed by atoms with E-state index < -0.39 is 0 Å². The lowest BCUT2D eigenvalue weighted by Crippen LogP contribution is -2.43. The van der Waals surface area contributed by atoms with Gasteiger partial charge >= 0.3 is 0 Å². The Morgan fingerprint density at radius 3 is 2.82 bits per heavy atom. The molecule has 0 amide bonds. The number of nitrogens with zero attached hydrogens (tertiary/aromatic N) is 1. The quantitative estimate of drug-likeness (QED) is 0.864. The Morgan fingerprint density at radius 1 is 1.35 bits per heavy atom. The third-order valence-electron chi connectivity index (χ3n) is 3.79. The molecular weight excluding hydrogens is 208 g/mol. The molecule has 2 atom stereocenters. The van der Waals surface area contributed by atoms with E-state index in [0.717, 1.165) is 6.54 Å². The minimum absolute atomic E-state index is 0.399. The third-order valence-corrected chi connectivity index (χ3v) is 3.79. The monoisotopic (exact) mass is 232 g/mol. The first kappa shape index (κ1) is 12.6. The maximum Gasteiger partial charge on any atom is 0.0168 e. The lowest BCUT2D eigenvalue weighted by Gasteiger charge is -2.31. The average Bonchev–Trinajstić information content (AvgIpc) is 2.37. The van der Waals surface area contributed by atoms with E-state index in [2.05, 4.69) is 42.2 Å². The van der Waals surface area contributed by atoms with Crippen LogP contribution in [-0.4, -0.2) is 30.6 Å². The molecule has 0 spiro atoms. The fourth-order valence-electron chi connectivity index (χ4n) is 2.62. The van der Waals surface area contributed by atoms with E-state index in [4.69, 9.17) is 5.73 Å². The van der Waals surface area contributed by atoms with Crippen LogP contribution >= 0.6 is 0 Å². The smallest absolute Gasteiger partial charge is 0.0168 e. The van der Waals surface area contributed by atoms with E-state index in [1.54, 1.807) is 0 Å². The summed E-state index contributed by atoms with van der Waals surface area (Å²) in [5.74, 6) is 0.648. The van der Waals surface area contributed by atoms with Crippen molar-refractivity contribution in [1.82, 2.24) is 4.90 Å². The molecule has 1 aliphatic rings. The summed E-state index contributed by atoms with van der Waals surface area (Å²) in [4.78, 5) is 2.52. The molecule has 0 saturated carbocycles. The van der Waals surface area contributed by atoms with Crippen molar-refractivity contribution in [3.05, 3.63) is 35.9 Å². The van der Waals surface area contributed by atoms with Gasteiger partial charge in [-0.3, -0.25) is 0 Å². The first-order valence-electron chi connectivity index (χ1n) is 6.78. The summed E-state index contributed by atoms with van der Waals surface area (Å²) in [6.07, 6.45) is 3.70. The summed E-state index contributed by atoms with van der Waals surface area (Å²) >= 11 is 0. The highest BCUT2D eigenvalue weighted by Gasteiger charge is 2.17. The van der Waals surface area contributed by atoms with Gasteiger partial charge in [-0.25, -0.2) is 0 Å². The molecule has 2 heteroatoms. The van der Waals surface area contributed by atoms with Crippen LogP contribution in [0.1, 0.15) is 37.7 Å². The van der Waals surface area contributed by atoms with Gasteiger partial charge in [0.05, 0.1) is 0 Å². The van der Waals surface area contributed by atoms with Gasteiger partial charge in [-0.15, -0.1) is 0 Å². The Bertz CT molecular complexity index is 323. The summed E-state index contributed by atoms with van der Waals surface area (Å²) in [6.45, 7) is 5.82. The number of likely N-dealkylation sites (tertiary alicyclic amines) is 1. The topological polar surface area (TPSA) is 29.3 Å². The second kappa shape index (κ2) is 6.18. The van der Waals surface area contributed by atoms with Crippen LogP contribution in [0.2, 0.25) is 0 Å². The van der Waals surface area contributed by atoms with Crippen molar-refractivity contribution in [1.29, 1.82) is 0 Å². The van der Waals surface area contributed by atoms with Gasteiger partial charge < -0.3 is 10.6 Å². The van der Waals surface area contributed by atoms with Crippen LogP contribution in [0.25, 0.3) is 0 Å². The van der Waals surface area contributed by atoms with Crippen LogP contribution in [0.3, 0.4) is 0 Å². The van der Waals surface area contributed by atoms with E-state index in [1.807, 2.05) is 0 Å². The lowest BCUT2D eigenvalue weighted by molar-refractivity contribution is 0.203. The fraction of sp³-hybridized carbons (Fsp3) is 0.600. The zero-order chi connectivity index (χ0) is 12.1. The highest BCUT2D eigenvalue weighted by Crippen LogP contribution is 2.19. The largest absolute Gasteiger partial charge is 0.327 e. The van der Waals surface area contributed by atoms with Gasteiger partial charge in [0, 0.05) is 12.6 Å². The predicted octanol–water partition coefficient (Wildman–Crippen LogP) is 2.60. The SMILES string of the molecule is CC(CCN1CCCC(N)C1)c1ccccc1. The Balaban J connectivity index is 1.78. The molecule has 0 bridgehead atoms. The normalized spacial score (nSPS) is 23.5. The van der Waals surface area contributed by atoms with Gasteiger partial charge in [0.1, 0.15) is 0 Å². The Hall–Kier alpha value is -0.860. The average molecular weight is 232 g/mol. The van der Waals surface area contributed by atoms with E-state index in [0.29, 0.717) is 12.0 Å². The summed E-state index contributed by atoms with van der Waals surface area (Å²) in [5.41, 5.74) is 7.45. The molecule has 2 unspecified atom stereocenters. The molecule has 1 fully saturated rings. The summed E-state index contributed by atoms with van der Waals surface area (Å²) < 4.78 is 0. The molecule has 1 heterocycles. The molecule has 2 rings (SSSR count). The molecule has 1 saturated heterocycles. The van der Waals surface area contributed by atoms with Crippen molar-refractivity contribution < 1.29 is 0 Å². The Morgan fingerprint density at radius 2 is 2.12 bits per heavy atom. The van der Waals surface area contributed by atoms with Gasteiger partial charge in [-0.2, -0.15) is 0 Å². The van der Waals surface area contributed by atoms with Crippen LogP contribution in [0.15, 0.2) is 30.3 Å². The highest BCUT2D eigenvalue weighted by molar-refractivity contribution is 5.18. The van der Waals surface area contributed by atoms with E-state index in [1.165, 1.54) is 37.9 Å². The van der Waals surface area contributed by atoms with Crippen LogP contribution in [0.5, 0.6) is 0 Å². The van der Waals surface area contributed by atoms with Crippen LogP contribution in [0, 0.1) is 0 Å². The van der Waals surface area contributed by atoms with Crippen LogP contribution in [0.4, 0.5) is 0 Å². The second-order valence-corrected chi connectivity index (χ2v) is 5.30. The highest BCUT2D eigenvalue weighted by atomic mass is 15.1. The minimum Gasteiger partial charge on any atom is -0.327 e.